The number of ether oxygens (including phenoxy) is 2. The topological polar surface area (TPSA) is 64.8 Å². The van der Waals surface area contributed by atoms with Crippen LogP contribution in [-0.4, -0.2) is 38.8 Å². The molecule has 20 heavy (non-hydrogen) atoms. The first-order valence-corrected chi connectivity index (χ1v) is 6.72. The quantitative estimate of drug-likeness (QED) is 0.612. The van der Waals surface area contributed by atoms with Crippen LogP contribution >= 0.6 is 0 Å². The van der Waals surface area contributed by atoms with Crippen molar-refractivity contribution in [1.29, 1.82) is 0 Å². The highest BCUT2D eigenvalue weighted by molar-refractivity contribution is 5.59. The van der Waals surface area contributed by atoms with Crippen molar-refractivity contribution in [2.45, 2.75) is 12.8 Å². The maximum Gasteiger partial charge on any atom is 0.311 e. The fourth-order valence-corrected chi connectivity index (χ4v) is 2.61. The first-order valence-electron chi connectivity index (χ1n) is 6.72. The van der Waals surface area contributed by atoms with Gasteiger partial charge in [-0.25, -0.2) is 0 Å². The van der Waals surface area contributed by atoms with Crippen molar-refractivity contribution in [3.05, 3.63) is 28.3 Å². The molecule has 1 aromatic carbocycles. The second kappa shape index (κ2) is 6.56. The number of nitro groups is 1. The molecule has 6 heteroatoms. The molecule has 0 radical (unpaired) electrons. The largest absolute Gasteiger partial charge is 0.490 e. The molecule has 1 aromatic rings. The van der Waals surface area contributed by atoms with E-state index in [9.17, 15) is 10.1 Å². The first-order chi connectivity index (χ1) is 9.65. The maximum absolute atomic E-state index is 10.9. The summed E-state index contributed by atoms with van der Waals surface area (Å²) in [5, 5.41) is 10.9. The summed E-state index contributed by atoms with van der Waals surface area (Å²) in [6.45, 7) is 2.68. The highest BCUT2D eigenvalue weighted by Gasteiger charge is 2.22. The number of benzene rings is 1. The number of anilines is 1. The number of hydrogen-bond acceptors (Lipinski definition) is 5. The molecule has 0 amide bonds. The fourth-order valence-electron chi connectivity index (χ4n) is 2.61. The summed E-state index contributed by atoms with van der Waals surface area (Å²) in [6, 6.07) is 5.04. The Morgan fingerprint density at radius 3 is 2.60 bits per heavy atom. The molecule has 1 fully saturated rings. The molecule has 0 bridgehead atoms. The van der Waals surface area contributed by atoms with Gasteiger partial charge in [0.15, 0.2) is 5.75 Å². The van der Waals surface area contributed by atoms with Gasteiger partial charge < -0.3 is 14.4 Å². The van der Waals surface area contributed by atoms with Gasteiger partial charge in [0.2, 0.25) is 0 Å². The molecule has 1 heterocycles. The lowest BCUT2D eigenvalue weighted by molar-refractivity contribution is -0.385. The average molecular weight is 280 g/mol. The molecular formula is C14H20N2O4. The van der Waals surface area contributed by atoms with Gasteiger partial charge in [0.05, 0.1) is 12.0 Å². The van der Waals surface area contributed by atoms with Gasteiger partial charge in [-0.1, -0.05) is 0 Å². The Morgan fingerprint density at radius 2 is 2.05 bits per heavy atom. The van der Waals surface area contributed by atoms with Crippen LogP contribution in [0.3, 0.4) is 0 Å². The lowest BCUT2D eigenvalue weighted by Crippen LogP contribution is -2.34. The zero-order chi connectivity index (χ0) is 14.5. The molecule has 1 aliphatic heterocycles. The number of piperidine rings is 1. The van der Waals surface area contributed by atoms with E-state index in [4.69, 9.17) is 9.47 Å². The van der Waals surface area contributed by atoms with Gasteiger partial charge in [0.25, 0.3) is 0 Å². The monoisotopic (exact) mass is 280 g/mol. The Morgan fingerprint density at radius 1 is 1.35 bits per heavy atom. The third kappa shape index (κ3) is 3.19. The molecule has 0 atom stereocenters. The van der Waals surface area contributed by atoms with Crippen molar-refractivity contribution in [2.24, 2.45) is 5.92 Å². The summed E-state index contributed by atoms with van der Waals surface area (Å²) in [6.07, 6.45) is 2.15. The van der Waals surface area contributed by atoms with E-state index in [1.807, 2.05) is 0 Å². The molecule has 1 saturated heterocycles. The summed E-state index contributed by atoms with van der Waals surface area (Å²) in [5.41, 5.74) is 0.980. The molecule has 0 saturated carbocycles. The van der Waals surface area contributed by atoms with Crippen LogP contribution in [0.2, 0.25) is 0 Å². The van der Waals surface area contributed by atoms with Crippen molar-refractivity contribution in [1.82, 2.24) is 0 Å². The van der Waals surface area contributed by atoms with Crippen molar-refractivity contribution in [2.75, 3.05) is 38.8 Å². The van der Waals surface area contributed by atoms with Crippen molar-refractivity contribution in [3.63, 3.8) is 0 Å². The zero-order valence-corrected chi connectivity index (χ0v) is 11.9. The minimum Gasteiger partial charge on any atom is -0.490 e. The van der Waals surface area contributed by atoms with Crippen LogP contribution in [0.1, 0.15) is 12.8 Å². The van der Waals surface area contributed by atoms with E-state index in [-0.39, 0.29) is 5.69 Å². The summed E-state index contributed by atoms with van der Waals surface area (Å²) >= 11 is 0. The lowest BCUT2D eigenvalue weighted by atomic mass is 9.97. The van der Waals surface area contributed by atoms with Gasteiger partial charge in [-0.3, -0.25) is 10.1 Å². The van der Waals surface area contributed by atoms with Gasteiger partial charge in [0.1, 0.15) is 0 Å². The Kier molecular flexibility index (Phi) is 4.79. The highest BCUT2D eigenvalue weighted by Crippen LogP contribution is 2.33. The highest BCUT2D eigenvalue weighted by atomic mass is 16.6. The first kappa shape index (κ1) is 14.6. The second-order valence-corrected chi connectivity index (χ2v) is 5.00. The van der Waals surface area contributed by atoms with Crippen molar-refractivity contribution >= 4 is 11.4 Å². The van der Waals surface area contributed by atoms with Gasteiger partial charge in [-0.2, -0.15) is 0 Å². The Balaban J connectivity index is 2.08. The van der Waals surface area contributed by atoms with Crippen LogP contribution in [0, 0.1) is 16.0 Å². The molecule has 2 rings (SSSR count). The third-order valence-corrected chi connectivity index (χ3v) is 3.74. The molecule has 1 aliphatic rings. The van der Waals surface area contributed by atoms with Crippen LogP contribution in [0.25, 0.3) is 0 Å². The number of nitrogens with zero attached hydrogens (tertiary/aromatic N) is 2. The zero-order valence-electron chi connectivity index (χ0n) is 11.9. The molecule has 0 unspecified atom stereocenters. The summed E-state index contributed by atoms with van der Waals surface area (Å²) in [5.74, 6) is 0.919. The minimum absolute atomic E-state index is 0.00511. The van der Waals surface area contributed by atoms with E-state index in [0.717, 1.165) is 38.2 Å². The molecular weight excluding hydrogens is 260 g/mol. The summed E-state index contributed by atoms with van der Waals surface area (Å²) in [4.78, 5) is 12.7. The molecule has 6 nitrogen and oxygen atoms in total. The van der Waals surface area contributed by atoms with E-state index >= 15 is 0 Å². The van der Waals surface area contributed by atoms with E-state index in [2.05, 4.69) is 4.90 Å². The average Bonchev–Trinajstić information content (AvgIpc) is 2.47. The SMILES string of the molecule is COCC1CCN(c2ccc([N+](=O)[O-])c(OC)c2)CC1. The Bertz CT molecular complexity index is 470. The summed E-state index contributed by atoms with van der Waals surface area (Å²) < 4.78 is 10.3. The van der Waals surface area contributed by atoms with Crippen LogP contribution in [0.4, 0.5) is 11.4 Å². The number of rotatable bonds is 5. The predicted octanol–water partition coefficient (Wildman–Crippen LogP) is 2.47. The van der Waals surface area contributed by atoms with Crippen molar-refractivity contribution in [3.8, 4) is 5.75 Å². The fraction of sp³-hybridized carbons (Fsp3) is 0.571. The second-order valence-electron chi connectivity index (χ2n) is 5.00. The smallest absolute Gasteiger partial charge is 0.311 e. The molecule has 0 aliphatic carbocycles. The van der Waals surface area contributed by atoms with E-state index in [1.54, 1.807) is 19.2 Å². The van der Waals surface area contributed by atoms with Gasteiger partial charge in [0, 0.05) is 44.6 Å². The Labute approximate surface area is 118 Å². The lowest BCUT2D eigenvalue weighted by Gasteiger charge is -2.33. The maximum atomic E-state index is 10.9. The van der Waals surface area contributed by atoms with Crippen LogP contribution in [0.15, 0.2) is 18.2 Å². The molecule has 110 valence electrons. The third-order valence-electron chi connectivity index (χ3n) is 3.74. The van der Waals surface area contributed by atoms with Gasteiger partial charge in [-0.15, -0.1) is 0 Å². The van der Waals surface area contributed by atoms with Crippen LogP contribution in [0.5, 0.6) is 5.75 Å². The number of methoxy groups -OCH3 is 2. The van der Waals surface area contributed by atoms with E-state index in [0.29, 0.717) is 11.7 Å². The normalized spacial score (nSPS) is 16.2. The van der Waals surface area contributed by atoms with Crippen LogP contribution in [-0.2, 0) is 4.74 Å². The molecule has 0 aromatic heterocycles. The summed E-state index contributed by atoms with van der Waals surface area (Å²) in [7, 11) is 3.19. The predicted molar refractivity (Wildman–Crippen MR) is 76.5 cm³/mol. The minimum atomic E-state index is -0.423. The van der Waals surface area contributed by atoms with Gasteiger partial charge in [-0.05, 0) is 24.8 Å². The van der Waals surface area contributed by atoms with E-state index < -0.39 is 4.92 Å². The number of nitro benzene ring substituents is 1. The van der Waals surface area contributed by atoms with Gasteiger partial charge >= 0.3 is 5.69 Å². The van der Waals surface area contributed by atoms with E-state index in [1.165, 1.54) is 13.2 Å². The van der Waals surface area contributed by atoms with Crippen molar-refractivity contribution < 1.29 is 14.4 Å². The Hall–Kier alpha value is -1.82. The molecule has 0 spiro atoms. The number of hydrogen-bond donors (Lipinski definition) is 0. The standard InChI is InChI=1S/C14H20N2O4/c1-19-10-11-5-7-15(8-6-11)12-3-4-13(16(17)18)14(9-12)20-2/h3-4,9,11H,5-8,10H2,1-2H3. The van der Waals surface area contributed by atoms with Crippen LogP contribution < -0.4 is 9.64 Å². The molecule has 0 N–H and O–H groups in total.